The molecule has 0 aliphatic heterocycles. The molecule has 20 heavy (non-hydrogen) atoms. The summed E-state index contributed by atoms with van der Waals surface area (Å²) in [7, 11) is -3.63. The van der Waals surface area contributed by atoms with Crippen LogP contribution in [0.2, 0.25) is 0 Å². The Hall–Kier alpha value is -1.21. The van der Waals surface area contributed by atoms with Gasteiger partial charge in [-0.2, -0.15) is 0 Å². The first-order valence-corrected chi connectivity index (χ1v) is 9.37. The van der Waals surface area contributed by atoms with Crippen molar-refractivity contribution in [3.63, 3.8) is 0 Å². The molecule has 5 nitrogen and oxygen atoms in total. The van der Waals surface area contributed by atoms with Gasteiger partial charge in [0, 0.05) is 0 Å². The predicted octanol–water partition coefficient (Wildman–Crippen LogP) is 2.25. The second-order valence-electron chi connectivity index (χ2n) is 4.00. The van der Waals surface area contributed by atoms with E-state index in [9.17, 15) is 8.42 Å². The third-order valence-electron chi connectivity index (χ3n) is 2.64. The quantitative estimate of drug-likeness (QED) is 0.664. The Balaban J connectivity index is 2.04. The van der Waals surface area contributed by atoms with E-state index >= 15 is 0 Å². The monoisotopic (exact) mass is 417 g/mol. The summed E-state index contributed by atoms with van der Waals surface area (Å²) in [4.78, 5) is 0.199. The summed E-state index contributed by atoms with van der Waals surface area (Å²) >= 11 is 3.07. The minimum atomic E-state index is -3.63. The number of sulfonamides is 1. The fourth-order valence-electron chi connectivity index (χ4n) is 1.73. The molecule has 0 amide bonds. The van der Waals surface area contributed by atoms with Crippen LogP contribution in [0.25, 0.3) is 11.0 Å². The molecule has 0 spiro atoms. The first-order valence-electron chi connectivity index (χ1n) is 5.56. The van der Waals surface area contributed by atoms with Crippen LogP contribution in [-0.4, -0.2) is 31.3 Å². The van der Waals surface area contributed by atoms with Gasteiger partial charge in [0.2, 0.25) is 0 Å². The van der Waals surface area contributed by atoms with Gasteiger partial charge in [-0.15, -0.1) is 0 Å². The second kappa shape index (κ2) is 5.29. The number of aromatic nitrogens is 2. The van der Waals surface area contributed by atoms with Crippen molar-refractivity contribution in [2.45, 2.75) is 4.90 Å². The molecule has 0 aliphatic rings. The third-order valence-corrected chi connectivity index (χ3v) is 5.63. The van der Waals surface area contributed by atoms with Gasteiger partial charge < -0.3 is 0 Å². The van der Waals surface area contributed by atoms with Gasteiger partial charge in [-0.25, -0.2) is 0 Å². The zero-order valence-electron chi connectivity index (χ0n) is 9.95. The van der Waals surface area contributed by atoms with Crippen molar-refractivity contribution >= 4 is 57.6 Å². The summed E-state index contributed by atoms with van der Waals surface area (Å²) < 4.78 is 36.5. The van der Waals surface area contributed by atoms with Crippen molar-refractivity contribution in [1.29, 1.82) is 0 Å². The summed E-state index contributed by atoms with van der Waals surface area (Å²) in [6.07, 6.45) is 0. The van der Waals surface area contributed by atoms with Crippen LogP contribution in [0.15, 0.2) is 51.8 Å². The molecule has 102 valence electrons. The maximum absolute atomic E-state index is 12.4. The van der Waals surface area contributed by atoms with Gasteiger partial charge >= 0.3 is 131 Å². The number of hydrogen-bond acceptors (Lipinski definition) is 4. The van der Waals surface area contributed by atoms with Crippen molar-refractivity contribution in [3.8, 4) is 0 Å². The Morgan fingerprint density at radius 1 is 1.10 bits per heavy atom. The first-order chi connectivity index (χ1) is 9.56. The second-order valence-corrected chi connectivity index (χ2v) is 7.71. The van der Waals surface area contributed by atoms with Crippen LogP contribution in [0, 0.1) is 0 Å². The fourth-order valence-corrected chi connectivity index (χ4v) is 4.54. The van der Waals surface area contributed by atoms with E-state index in [0.717, 1.165) is 5.52 Å². The van der Waals surface area contributed by atoms with Crippen molar-refractivity contribution in [1.82, 2.24) is 7.96 Å². The normalized spacial score (nSPS) is 11.7. The number of anilines is 1. The van der Waals surface area contributed by atoms with Crippen LogP contribution in [0.3, 0.4) is 0 Å². The van der Waals surface area contributed by atoms with Crippen molar-refractivity contribution in [2.24, 2.45) is 0 Å². The maximum atomic E-state index is 12.4. The number of halogens is 1. The molecule has 3 rings (SSSR count). The van der Waals surface area contributed by atoms with Gasteiger partial charge in [-0.1, -0.05) is 0 Å². The van der Waals surface area contributed by atoms with Crippen LogP contribution in [0.4, 0.5) is 5.69 Å². The van der Waals surface area contributed by atoms with Crippen LogP contribution < -0.4 is 4.72 Å². The molecule has 0 aliphatic carbocycles. The van der Waals surface area contributed by atoms with Gasteiger partial charge in [-0.05, 0) is 0 Å². The molecule has 0 unspecified atom stereocenters. The van der Waals surface area contributed by atoms with E-state index < -0.39 is 10.0 Å². The molecule has 0 saturated carbocycles. The molecule has 0 bridgehead atoms. The van der Waals surface area contributed by atoms with E-state index in [-0.39, 0.29) is 19.9 Å². The summed E-state index contributed by atoms with van der Waals surface area (Å²) in [6, 6.07) is 11.8. The zero-order chi connectivity index (χ0) is 14.2. The summed E-state index contributed by atoms with van der Waals surface area (Å²) in [6.45, 7) is 0. The van der Waals surface area contributed by atoms with E-state index in [1.54, 1.807) is 36.4 Å². The van der Waals surface area contributed by atoms with E-state index in [2.05, 4.69) is 28.6 Å². The number of rotatable bonds is 3. The Morgan fingerprint density at radius 3 is 2.70 bits per heavy atom. The Morgan fingerprint density at radius 2 is 1.90 bits per heavy atom. The van der Waals surface area contributed by atoms with Crippen LogP contribution in [0.1, 0.15) is 0 Å². The van der Waals surface area contributed by atoms with Crippen molar-refractivity contribution in [3.05, 3.63) is 46.9 Å². The summed E-state index contributed by atoms with van der Waals surface area (Å²) in [5.41, 5.74) is 1.82. The number of nitrogens with zero attached hydrogens (tertiary/aromatic N) is 2. The molecule has 0 atom stereocenters. The van der Waals surface area contributed by atoms with E-state index in [1.165, 1.54) is 0 Å². The summed E-state index contributed by atoms with van der Waals surface area (Å²) in [5, 5.41) is 0. The van der Waals surface area contributed by atoms with E-state index in [0.29, 0.717) is 15.7 Å². The molecular weight excluding hydrogens is 409 g/mol. The number of fused-ring (bicyclic) bond motifs is 1. The van der Waals surface area contributed by atoms with Gasteiger partial charge in [0.1, 0.15) is 0 Å². The van der Waals surface area contributed by atoms with Gasteiger partial charge in [0.25, 0.3) is 0 Å². The molecule has 1 N–H and O–H groups in total. The van der Waals surface area contributed by atoms with Crippen molar-refractivity contribution < 1.29 is 8.42 Å². The van der Waals surface area contributed by atoms with Crippen molar-refractivity contribution in [2.75, 3.05) is 4.72 Å². The van der Waals surface area contributed by atoms with E-state index in [1.807, 2.05) is 6.07 Å². The molecular formula is C12H8BrN3O2SSe. The average molecular weight is 417 g/mol. The number of hydrogen-bond donors (Lipinski definition) is 1. The predicted molar refractivity (Wildman–Crippen MR) is 81.4 cm³/mol. The molecule has 0 radical (unpaired) electrons. The molecule has 0 fully saturated rings. The Bertz CT molecular complexity index is 879. The first kappa shape index (κ1) is 13.8. The molecule has 8 heteroatoms. The topological polar surface area (TPSA) is 72.0 Å². The molecule has 0 saturated heterocycles. The Labute approximate surface area is 130 Å². The molecule has 2 aromatic carbocycles. The molecule has 1 heterocycles. The number of benzene rings is 2. The fraction of sp³-hybridized carbons (Fsp3) is 0. The zero-order valence-corrected chi connectivity index (χ0v) is 14.1. The molecule has 3 aromatic rings. The minimum absolute atomic E-state index is 0.195. The van der Waals surface area contributed by atoms with Gasteiger partial charge in [0.15, 0.2) is 0 Å². The van der Waals surface area contributed by atoms with Crippen LogP contribution >= 0.6 is 15.9 Å². The SMILES string of the molecule is O=S(=O)(Nc1cccc2n[se]nc12)c1cccc(Br)c1. The van der Waals surface area contributed by atoms with Crippen LogP contribution in [0.5, 0.6) is 0 Å². The average Bonchev–Trinajstić information content (AvgIpc) is 2.88. The van der Waals surface area contributed by atoms with Crippen LogP contribution in [-0.2, 0) is 10.0 Å². The Kier molecular flexibility index (Phi) is 3.64. The number of nitrogens with one attached hydrogen (secondary N) is 1. The standard InChI is InChI=1S/C12H8BrN3O2SSe/c13-8-3-1-4-9(7-8)19(17,18)14-10-5-2-6-11-12(10)16-20-15-11/h1-7,14H. The third kappa shape index (κ3) is 2.64. The van der Waals surface area contributed by atoms with Gasteiger partial charge in [0.05, 0.1) is 0 Å². The van der Waals surface area contributed by atoms with E-state index in [4.69, 9.17) is 0 Å². The molecule has 1 aromatic heterocycles. The summed E-state index contributed by atoms with van der Waals surface area (Å²) in [5.74, 6) is 0. The van der Waals surface area contributed by atoms with Gasteiger partial charge in [-0.3, -0.25) is 0 Å².